The summed E-state index contributed by atoms with van der Waals surface area (Å²) in [5.74, 6) is 0.418. The third kappa shape index (κ3) is 13.8. The van der Waals surface area contributed by atoms with Crippen molar-refractivity contribution in [1.82, 2.24) is 5.32 Å². The lowest BCUT2D eigenvalue weighted by Gasteiger charge is -2.18. The predicted molar refractivity (Wildman–Crippen MR) is 82.5 cm³/mol. The molecule has 1 N–H and O–H groups in total. The number of carbonyl (C=O) groups excluding carboxylic acids is 3. The van der Waals surface area contributed by atoms with Crippen molar-refractivity contribution < 1.29 is 23.9 Å². The van der Waals surface area contributed by atoms with E-state index in [0.717, 1.165) is 0 Å². The highest BCUT2D eigenvalue weighted by Crippen LogP contribution is 1.96. The first-order chi connectivity index (χ1) is 9.95. The molecule has 1 amide bonds. The minimum Gasteiger partial charge on any atom is -0.379 e. The maximum Gasteiger partial charge on any atom is 0.230 e. The minimum absolute atomic E-state index is 0.0654. The molecule has 0 saturated carbocycles. The van der Waals surface area contributed by atoms with Crippen molar-refractivity contribution in [1.29, 1.82) is 0 Å². The second kappa shape index (κ2) is 12.8. The number of Topliss-reactive ketones (excluding diaryl/α,β-unsaturated/α-hetero) is 2. The molecule has 0 radical (unpaired) electrons. The van der Waals surface area contributed by atoms with E-state index in [2.05, 4.69) is 5.32 Å². The quantitative estimate of drug-likeness (QED) is 0.506. The van der Waals surface area contributed by atoms with E-state index in [1.165, 1.54) is 25.6 Å². The summed E-state index contributed by atoms with van der Waals surface area (Å²) in [6.45, 7) is 4.24. The molecule has 0 aliphatic rings. The zero-order chi connectivity index (χ0) is 16.1. The Hall–Kier alpha value is -0.920. The summed E-state index contributed by atoms with van der Waals surface area (Å²) in [6.07, 6.45) is 2.56. The van der Waals surface area contributed by atoms with Gasteiger partial charge in [-0.3, -0.25) is 14.4 Å². The zero-order valence-electron chi connectivity index (χ0n) is 13.0. The highest BCUT2D eigenvalue weighted by atomic mass is 32.2. The molecule has 0 atom stereocenters. The molecule has 0 aliphatic carbocycles. The van der Waals surface area contributed by atoms with Crippen molar-refractivity contribution >= 4 is 29.2 Å². The molecule has 0 rings (SSSR count). The first-order valence-corrected chi connectivity index (χ1v) is 8.27. The second-order valence-electron chi connectivity index (χ2n) is 4.75. The number of ether oxygens (including phenoxy) is 2. The summed E-state index contributed by atoms with van der Waals surface area (Å²) in [5, 5.41) is 2.81. The number of carbonyl (C=O) groups is 3. The largest absolute Gasteiger partial charge is 0.379 e. The van der Waals surface area contributed by atoms with Gasteiger partial charge in [0.25, 0.3) is 0 Å². The van der Waals surface area contributed by atoms with Crippen LogP contribution in [0.4, 0.5) is 0 Å². The van der Waals surface area contributed by atoms with Crippen LogP contribution in [0.25, 0.3) is 0 Å². The van der Waals surface area contributed by atoms with E-state index in [1.54, 1.807) is 0 Å². The van der Waals surface area contributed by atoms with E-state index >= 15 is 0 Å². The first kappa shape index (κ1) is 20.1. The van der Waals surface area contributed by atoms with Crippen LogP contribution in [0.5, 0.6) is 0 Å². The van der Waals surface area contributed by atoms with Crippen molar-refractivity contribution in [3.05, 3.63) is 0 Å². The van der Waals surface area contributed by atoms with Gasteiger partial charge in [-0.25, -0.2) is 0 Å². The Morgan fingerprint density at radius 1 is 1.00 bits per heavy atom. The lowest BCUT2D eigenvalue weighted by molar-refractivity contribution is -0.122. The summed E-state index contributed by atoms with van der Waals surface area (Å²) >= 11 is 1.43. The Bertz CT molecular complexity index is 313. The SMILES string of the molecule is CSCC(=O)NC(COCCC(C)=O)COCCC(C)=O. The Morgan fingerprint density at radius 2 is 1.48 bits per heavy atom. The van der Waals surface area contributed by atoms with Gasteiger partial charge in [-0.05, 0) is 20.1 Å². The van der Waals surface area contributed by atoms with Gasteiger partial charge in [-0.2, -0.15) is 11.8 Å². The van der Waals surface area contributed by atoms with Gasteiger partial charge in [-0.15, -0.1) is 0 Å². The Kier molecular flexibility index (Phi) is 12.2. The molecule has 0 aromatic carbocycles. The molecule has 0 bridgehead atoms. The zero-order valence-corrected chi connectivity index (χ0v) is 13.8. The monoisotopic (exact) mass is 319 g/mol. The predicted octanol–water partition coefficient (Wildman–Crippen LogP) is 0.826. The maximum absolute atomic E-state index is 11.6. The summed E-state index contributed by atoms with van der Waals surface area (Å²) in [4.78, 5) is 33.2. The first-order valence-electron chi connectivity index (χ1n) is 6.88. The van der Waals surface area contributed by atoms with Crippen LogP contribution in [-0.2, 0) is 23.9 Å². The number of hydrogen-bond acceptors (Lipinski definition) is 6. The lowest BCUT2D eigenvalue weighted by Crippen LogP contribution is -2.42. The van der Waals surface area contributed by atoms with Crippen molar-refractivity contribution in [3.8, 4) is 0 Å². The van der Waals surface area contributed by atoms with E-state index in [9.17, 15) is 14.4 Å². The average Bonchev–Trinajstić information content (AvgIpc) is 2.39. The summed E-state index contributed by atoms with van der Waals surface area (Å²) < 4.78 is 10.7. The van der Waals surface area contributed by atoms with Crippen molar-refractivity contribution in [2.24, 2.45) is 0 Å². The van der Waals surface area contributed by atoms with E-state index in [-0.39, 0.29) is 36.7 Å². The van der Waals surface area contributed by atoms with E-state index < -0.39 is 0 Å². The molecule has 0 aromatic rings. The van der Waals surface area contributed by atoms with Crippen molar-refractivity contribution in [2.45, 2.75) is 32.7 Å². The molecule has 0 unspecified atom stereocenters. The smallest absolute Gasteiger partial charge is 0.230 e. The maximum atomic E-state index is 11.6. The molecule has 0 fully saturated rings. The molecule has 6 nitrogen and oxygen atoms in total. The summed E-state index contributed by atoms with van der Waals surface area (Å²) in [5.41, 5.74) is 0. The molecule has 0 saturated heterocycles. The van der Waals surface area contributed by atoms with Gasteiger partial charge in [0, 0.05) is 12.8 Å². The number of rotatable bonds is 13. The fourth-order valence-corrected chi connectivity index (χ4v) is 1.76. The van der Waals surface area contributed by atoms with Crippen LogP contribution in [0.15, 0.2) is 0 Å². The van der Waals surface area contributed by atoms with Gasteiger partial charge in [0.2, 0.25) is 5.91 Å². The fraction of sp³-hybridized carbons (Fsp3) is 0.786. The second-order valence-corrected chi connectivity index (χ2v) is 5.62. The minimum atomic E-state index is -0.274. The van der Waals surface area contributed by atoms with Gasteiger partial charge < -0.3 is 14.8 Å². The van der Waals surface area contributed by atoms with Crippen molar-refractivity contribution in [2.75, 3.05) is 38.4 Å². The van der Waals surface area contributed by atoms with Crippen LogP contribution in [0.1, 0.15) is 26.7 Å². The molecule has 0 spiro atoms. The van der Waals surface area contributed by atoms with Crippen molar-refractivity contribution in [3.63, 3.8) is 0 Å². The third-order valence-electron chi connectivity index (χ3n) is 2.48. The third-order valence-corrected chi connectivity index (χ3v) is 3.03. The van der Waals surface area contributed by atoms with Crippen LogP contribution < -0.4 is 5.32 Å². The number of nitrogens with one attached hydrogen (secondary N) is 1. The highest BCUT2D eigenvalue weighted by molar-refractivity contribution is 7.99. The molecule has 122 valence electrons. The number of amides is 1. The fourth-order valence-electron chi connectivity index (χ4n) is 1.41. The molecule has 0 aromatic heterocycles. The number of hydrogen-bond donors (Lipinski definition) is 1. The molecular weight excluding hydrogens is 294 g/mol. The standard InChI is InChI=1S/C14H25NO5S/c1-11(16)4-6-19-8-13(15-14(18)10-21-3)9-20-7-5-12(2)17/h13H,4-10H2,1-3H3,(H,15,18). The summed E-state index contributed by atoms with van der Waals surface area (Å²) in [6, 6.07) is -0.274. The van der Waals surface area contributed by atoms with Gasteiger partial charge in [-0.1, -0.05) is 0 Å². The average molecular weight is 319 g/mol. The lowest BCUT2D eigenvalue weighted by atomic mass is 10.3. The van der Waals surface area contributed by atoms with Crippen LogP contribution in [0.3, 0.4) is 0 Å². The molecule has 0 heterocycles. The molecule has 7 heteroatoms. The van der Waals surface area contributed by atoms with Gasteiger partial charge in [0.1, 0.15) is 11.6 Å². The van der Waals surface area contributed by atoms with Crippen LogP contribution >= 0.6 is 11.8 Å². The molecule has 21 heavy (non-hydrogen) atoms. The Balaban J connectivity index is 4.04. The van der Waals surface area contributed by atoms with E-state index in [0.29, 0.717) is 31.8 Å². The topological polar surface area (TPSA) is 81.7 Å². The summed E-state index contributed by atoms with van der Waals surface area (Å²) in [7, 11) is 0. The van der Waals surface area contributed by atoms with Crippen LogP contribution in [-0.4, -0.2) is 62.0 Å². The highest BCUT2D eigenvalue weighted by Gasteiger charge is 2.13. The van der Waals surface area contributed by atoms with Crippen LogP contribution in [0, 0.1) is 0 Å². The van der Waals surface area contributed by atoms with Crippen LogP contribution in [0.2, 0.25) is 0 Å². The normalized spacial score (nSPS) is 10.7. The van der Waals surface area contributed by atoms with Gasteiger partial charge in [0.05, 0.1) is 38.2 Å². The van der Waals surface area contributed by atoms with Gasteiger partial charge >= 0.3 is 0 Å². The number of ketones is 2. The van der Waals surface area contributed by atoms with Gasteiger partial charge in [0.15, 0.2) is 0 Å². The molecule has 0 aliphatic heterocycles. The Morgan fingerprint density at radius 3 is 1.86 bits per heavy atom. The van der Waals surface area contributed by atoms with E-state index in [4.69, 9.17) is 9.47 Å². The molecular formula is C14H25NO5S. The Labute approximate surface area is 130 Å². The number of thioether (sulfide) groups is 1. The van der Waals surface area contributed by atoms with E-state index in [1.807, 2.05) is 6.26 Å².